The number of piperidine rings is 2. The summed E-state index contributed by atoms with van der Waals surface area (Å²) in [4.78, 5) is 30.4. The minimum absolute atomic E-state index is 0.280. The average molecular weight is 664 g/mol. The highest BCUT2D eigenvalue weighted by atomic mass is 32.1. The number of nitrogens with one attached hydrogen (secondary N) is 2. The van der Waals surface area contributed by atoms with Crippen LogP contribution in [0, 0.1) is 31.9 Å². The monoisotopic (exact) mass is 664 g/mol. The predicted molar refractivity (Wildman–Crippen MR) is 134 cm³/mol. The van der Waals surface area contributed by atoms with Crippen LogP contribution in [0.1, 0.15) is 36.8 Å². The average Bonchev–Trinajstić information content (AvgIpc) is 2.92. The van der Waals surface area contributed by atoms with E-state index in [1.165, 1.54) is 5.32 Å². The second kappa shape index (κ2) is 12.1. The highest BCUT2D eigenvalue weighted by Gasteiger charge is 2.66. The van der Waals surface area contributed by atoms with Gasteiger partial charge in [-0.2, -0.15) is 0 Å². The Hall–Kier alpha value is -4.10. The SMILES string of the molecule is O=C1CCC(F)(F)[C@](c2cc([N+](=O)[O-])ccc2F)(C(F)F)N1.O=[N+]([O-])c1ccc(F)c([C@@]2(C(F)F)NC(=S)CCC2(F)F)c1. The highest BCUT2D eigenvalue weighted by Crippen LogP contribution is 2.50. The maximum atomic E-state index is 14.2. The van der Waals surface area contributed by atoms with Crippen LogP contribution >= 0.6 is 12.2 Å². The van der Waals surface area contributed by atoms with Crippen molar-refractivity contribution < 1.29 is 58.5 Å². The van der Waals surface area contributed by atoms with Gasteiger partial charge in [0.25, 0.3) is 36.1 Å². The van der Waals surface area contributed by atoms with E-state index in [0.29, 0.717) is 36.4 Å². The Kier molecular flexibility index (Phi) is 9.47. The van der Waals surface area contributed by atoms with E-state index in [4.69, 9.17) is 0 Å². The summed E-state index contributed by atoms with van der Waals surface area (Å²) in [5.74, 6) is -12.2. The van der Waals surface area contributed by atoms with Gasteiger partial charge in [-0.3, -0.25) is 25.0 Å². The number of non-ortho nitro benzene ring substituents is 2. The second-order valence-electron chi connectivity index (χ2n) is 9.57. The van der Waals surface area contributed by atoms with Crippen molar-refractivity contribution in [1.29, 1.82) is 0 Å². The predicted octanol–water partition coefficient (Wildman–Crippen LogP) is 6.28. The fraction of sp³-hybridized carbons (Fsp3) is 0.417. The van der Waals surface area contributed by atoms with E-state index in [9.17, 15) is 68.9 Å². The molecule has 240 valence electrons. The van der Waals surface area contributed by atoms with E-state index in [1.807, 2.05) is 5.32 Å². The van der Waals surface area contributed by atoms with Crippen molar-refractivity contribution >= 4 is 34.5 Å². The zero-order valence-electron chi connectivity index (χ0n) is 21.6. The molecule has 9 nitrogen and oxygen atoms in total. The minimum atomic E-state index is -4.18. The number of halogens is 10. The summed E-state index contributed by atoms with van der Waals surface area (Å²) in [6.07, 6.45) is -10.9. The van der Waals surface area contributed by atoms with Crippen LogP contribution in [-0.2, 0) is 15.9 Å². The third kappa shape index (κ3) is 5.85. The zero-order chi connectivity index (χ0) is 33.4. The molecule has 4 rings (SSSR count). The van der Waals surface area contributed by atoms with Gasteiger partial charge in [0.2, 0.25) is 5.91 Å². The van der Waals surface area contributed by atoms with Crippen molar-refractivity contribution in [3.05, 3.63) is 79.4 Å². The molecule has 2 aromatic rings. The molecule has 0 saturated carbocycles. The number of alkyl halides is 8. The number of amides is 1. The molecule has 0 unspecified atom stereocenters. The Balaban J connectivity index is 0.000000240. The van der Waals surface area contributed by atoms with Gasteiger partial charge in [-0.1, -0.05) is 12.2 Å². The third-order valence-electron chi connectivity index (χ3n) is 6.98. The lowest BCUT2D eigenvalue weighted by atomic mass is 9.78. The molecule has 2 saturated heterocycles. The van der Waals surface area contributed by atoms with E-state index >= 15 is 0 Å². The highest BCUT2D eigenvalue weighted by molar-refractivity contribution is 7.80. The van der Waals surface area contributed by atoms with Crippen LogP contribution in [0.3, 0.4) is 0 Å². The van der Waals surface area contributed by atoms with Gasteiger partial charge in [0, 0.05) is 61.1 Å². The number of nitro benzene ring substituents is 2. The molecule has 0 spiro atoms. The third-order valence-corrected chi connectivity index (χ3v) is 7.29. The fourth-order valence-corrected chi connectivity index (χ4v) is 5.00. The summed E-state index contributed by atoms with van der Waals surface area (Å²) >= 11 is 4.67. The van der Waals surface area contributed by atoms with Gasteiger partial charge in [-0.05, 0) is 12.1 Å². The summed E-state index contributed by atoms with van der Waals surface area (Å²) in [5.41, 5.74) is -11.2. The van der Waals surface area contributed by atoms with Crippen molar-refractivity contribution in [2.75, 3.05) is 0 Å². The van der Waals surface area contributed by atoms with E-state index in [-0.39, 0.29) is 11.4 Å². The van der Waals surface area contributed by atoms with E-state index in [1.54, 1.807) is 0 Å². The number of nitrogens with zero attached hydrogens (tertiary/aromatic N) is 2. The number of carbonyl (C=O) groups excluding carboxylic acids is 1. The molecule has 2 aromatic carbocycles. The number of nitro groups is 2. The van der Waals surface area contributed by atoms with Crippen molar-refractivity contribution in [2.24, 2.45) is 0 Å². The summed E-state index contributed by atoms with van der Waals surface area (Å²) in [7, 11) is 0. The van der Waals surface area contributed by atoms with Crippen LogP contribution < -0.4 is 10.6 Å². The van der Waals surface area contributed by atoms with Crippen LogP contribution in [0.4, 0.5) is 55.3 Å². The lowest BCUT2D eigenvalue weighted by molar-refractivity contribution is -0.385. The minimum Gasteiger partial charge on any atom is -0.360 e. The van der Waals surface area contributed by atoms with Crippen LogP contribution in [-0.4, -0.2) is 45.4 Å². The topological polar surface area (TPSA) is 127 Å². The van der Waals surface area contributed by atoms with Crippen molar-refractivity contribution in [3.8, 4) is 0 Å². The number of thiocarbonyl (C=S) groups is 1. The second-order valence-corrected chi connectivity index (χ2v) is 10.1. The Morgan fingerprint density at radius 1 is 0.727 bits per heavy atom. The van der Waals surface area contributed by atoms with Crippen LogP contribution in [0.5, 0.6) is 0 Å². The molecule has 2 fully saturated rings. The number of carbonyl (C=O) groups is 1. The number of benzene rings is 2. The Bertz CT molecular complexity index is 1390. The van der Waals surface area contributed by atoms with Gasteiger partial charge in [0.1, 0.15) is 11.6 Å². The molecular formula is C24H18F10N4O5S. The molecule has 2 heterocycles. The van der Waals surface area contributed by atoms with Crippen molar-refractivity contribution in [2.45, 2.75) is 61.5 Å². The molecule has 0 bridgehead atoms. The van der Waals surface area contributed by atoms with Crippen LogP contribution in [0.2, 0.25) is 0 Å². The smallest absolute Gasteiger partial charge is 0.281 e. The lowest BCUT2D eigenvalue weighted by Crippen LogP contribution is -2.65. The standard InChI is InChI=1S/C12H9F5N2O3.C12H9F5N2O2S/c13-8-2-1-6(19(21)22)5-7(8)12(10(14)15)11(16,17)4-3-9(20)18-12;13-8-2-1-6(19(20)21)5-7(8)12(10(14)15)11(16,17)4-3-9(22)18-12/h1-2,5,10H,3-4H2,(H,18,20);1-2,5,10H,3-4H2,(H,18,22)/t2*12-/m00/s1. The van der Waals surface area contributed by atoms with Gasteiger partial charge in [0.15, 0.2) is 11.1 Å². The fourth-order valence-electron chi connectivity index (χ4n) is 4.73. The first-order chi connectivity index (χ1) is 20.2. The van der Waals surface area contributed by atoms with Gasteiger partial charge < -0.3 is 10.6 Å². The molecule has 2 aliphatic heterocycles. The zero-order valence-corrected chi connectivity index (χ0v) is 22.4. The Morgan fingerprint density at radius 2 is 1.11 bits per heavy atom. The van der Waals surface area contributed by atoms with Crippen LogP contribution in [0.25, 0.3) is 0 Å². The quantitative estimate of drug-likeness (QED) is 0.161. The largest absolute Gasteiger partial charge is 0.360 e. The Labute approximate surface area is 244 Å². The number of hydrogen-bond acceptors (Lipinski definition) is 6. The molecule has 1 amide bonds. The van der Waals surface area contributed by atoms with E-state index < -0.39 is 105 Å². The molecule has 20 heteroatoms. The lowest BCUT2D eigenvalue weighted by Gasteiger charge is -2.44. The number of rotatable bonds is 6. The molecule has 0 aliphatic carbocycles. The summed E-state index contributed by atoms with van der Waals surface area (Å²) in [5, 5.41) is 24.6. The molecule has 2 aliphatic rings. The first-order valence-corrected chi connectivity index (χ1v) is 12.5. The number of hydrogen-bond donors (Lipinski definition) is 2. The van der Waals surface area contributed by atoms with Crippen LogP contribution in [0.15, 0.2) is 36.4 Å². The van der Waals surface area contributed by atoms with E-state index in [2.05, 4.69) is 12.2 Å². The molecule has 2 atom stereocenters. The first kappa shape index (κ1) is 34.4. The summed E-state index contributed by atoms with van der Waals surface area (Å²) in [6, 6.07) is 2.98. The van der Waals surface area contributed by atoms with Gasteiger partial charge in [0.05, 0.1) is 14.8 Å². The van der Waals surface area contributed by atoms with Gasteiger partial charge in [-0.15, -0.1) is 0 Å². The molecule has 0 radical (unpaired) electrons. The molecule has 44 heavy (non-hydrogen) atoms. The van der Waals surface area contributed by atoms with Gasteiger partial charge >= 0.3 is 0 Å². The maximum Gasteiger partial charge on any atom is 0.281 e. The van der Waals surface area contributed by atoms with Gasteiger partial charge in [-0.25, -0.2) is 43.9 Å². The normalized spacial score (nSPS) is 24.2. The molecular weight excluding hydrogens is 646 g/mol. The maximum absolute atomic E-state index is 14.2. The Morgan fingerprint density at radius 3 is 1.50 bits per heavy atom. The summed E-state index contributed by atoms with van der Waals surface area (Å²) in [6.45, 7) is 0. The van der Waals surface area contributed by atoms with Crippen molar-refractivity contribution in [1.82, 2.24) is 10.6 Å². The van der Waals surface area contributed by atoms with Crippen molar-refractivity contribution in [3.63, 3.8) is 0 Å². The first-order valence-electron chi connectivity index (χ1n) is 12.1. The molecule has 2 N–H and O–H groups in total. The summed E-state index contributed by atoms with van der Waals surface area (Å²) < 4.78 is 138. The molecule has 0 aromatic heterocycles. The van der Waals surface area contributed by atoms with E-state index in [0.717, 1.165) is 0 Å².